The number of halogens is 1. The van der Waals surface area contributed by atoms with E-state index in [0.29, 0.717) is 22.4 Å². The molecule has 1 unspecified atom stereocenters. The van der Waals surface area contributed by atoms with Crippen LogP contribution < -0.4 is 4.90 Å². The summed E-state index contributed by atoms with van der Waals surface area (Å²) in [6.45, 7) is 0.555. The molecule has 1 aliphatic heterocycles. The van der Waals surface area contributed by atoms with E-state index in [4.69, 9.17) is 18.0 Å². The number of hydrogen-bond donors (Lipinski definition) is 0. The van der Waals surface area contributed by atoms with Crippen LogP contribution >= 0.6 is 22.9 Å². The second kappa shape index (κ2) is 3.60. The van der Waals surface area contributed by atoms with E-state index in [0.717, 1.165) is 0 Å². The van der Waals surface area contributed by atoms with Gasteiger partial charge in [-0.2, -0.15) is 0 Å². The summed E-state index contributed by atoms with van der Waals surface area (Å²) in [6.07, 6.45) is 7.22. The number of rotatable bonds is 1. The Morgan fingerprint density at radius 3 is 3.07 bits per heavy atom. The molecule has 1 saturated heterocycles. The van der Waals surface area contributed by atoms with Gasteiger partial charge in [-0.3, -0.25) is 9.69 Å². The zero-order valence-corrected chi connectivity index (χ0v) is 8.81. The summed E-state index contributed by atoms with van der Waals surface area (Å²) in [5.74, 6) is 2.61. The quantitative estimate of drug-likeness (QED) is 0.684. The van der Waals surface area contributed by atoms with E-state index in [2.05, 4.69) is 10.9 Å². The maximum Gasteiger partial charge on any atom is 0.230 e. The summed E-state index contributed by atoms with van der Waals surface area (Å²) in [5.41, 5.74) is 0. The average Bonchev–Trinajstić information content (AvgIpc) is 2.71. The Kier molecular flexibility index (Phi) is 2.44. The lowest BCUT2D eigenvalue weighted by atomic mass is 10.1. The highest BCUT2D eigenvalue weighted by Gasteiger charge is 2.30. The lowest BCUT2D eigenvalue weighted by molar-refractivity contribution is -0.117. The lowest BCUT2D eigenvalue weighted by Gasteiger charge is -2.10. The molecule has 1 aromatic rings. The molecule has 72 valence electrons. The number of amides is 1. The molecule has 1 atom stereocenters. The van der Waals surface area contributed by atoms with E-state index < -0.39 is 0 Å². The van der Waals surface area contributed by atoms with Crippen LogP contribution in [-0.2, 0) is 4.79 Å². The number of carbonyl (C=O) groups excluding carboxylic acids is 1. The van der Waals surface area contributed by atoms with E-state index in [-0.39, 0.29) is 11.8 Å². The van der Waals surface area contributed by atoms with Gasteiger partial charge in [0, 0.05) is 18.9 Å². The molecule has 1 aliphatic rings. The average molecular weight is 227 g/mol. The fourth-order valence-corrected chi connectivity index (χ4v) is 2.30. The first-order valence-corrected chi connectivity index (χ1v) is 5.28. The Morgan fingerprint density at radius 1 is 1.79 bits per heavy atom. The summed E-state index contributed by atoms with van der Waals surface area (Å²) in [6, 6.07) is 0. The van der Waals surface area contributed by atoms with Crippen molar-refractivity contribution >= 4 is 34.0 Å². The third kappa shape index (κ3) is 1.61. The normalized spacial score (nSPS) is 21.3. The van der Waals surface area contributed by atoms with Crippen LogP contribution in [0.25, 0.3) is 0 Å². The standard InChI is InChI=1S/C9H7ClN2OS/c1-2-6-3-8(13)12(5-6)9-11-4-7(10)14-9/h1,4,6H,3,5H2. The van der Waals surface area contributed by atoms with Crippen molar-refractivity contribution < 1.29 is 4.79 Å². The number of thiazole rings is 1. The van der Waals surface area contributed by atoms with Gasteiger partial charge in [-0.25, -0.2) is 4.98 Å². The molecule has 3 nitrogen and oxygen atoms in total. The number of hydrogen-bond acceptors (Lipinski definition) is 3. The topological polar surface area (TPSA) is 33.2 Å². The Hall–Kier alpha value is -1.05. The van der Waals surface area contributed by atoms with Crippen LogP contribution in [0.4, 0.5) is 5.13 Å². The Bertz CT molecular complexity index is 409. The van der Waals surface area contributed by atoms with Gasteiger partial charge in [-0.05, 0) is 0 Å². The highest BCUT2D eigenvalue weighted by molar-refractivity contribution is 7.19. The van der Waals surface area contributed by atoms with Crippen molar-refractivity contribution in [2.24, 2.45) is 5.92 Å². The molecule has 0 aliphatic carbocycles. The number of anilines is 1. The molecule has 0 saturated carbocycles. The van der Waals surface area contributed by atoms with Crippen molar-refractivity contribution in [3.8, 4) is 12.3 Å². The zero-order chi connectivity index (χ0) is 10.1. The van der Waals surface area contributed by atoms with Crippen LogP contribution in [0, 0.1) is 18.3 Å². The number of nitrogens with zero attached hydrogens (tertiary/aromatic N) is 2. The van der Waals surface area contributed by atoms with Gasteiger partial charge in [-0.1, -0.05) is 22.9 Å². The van der Waals surface area contributed by atoms with Crippen LogP contribution in [0.3, 0.4) is 0 Å². The fourth-order valence-electron chi connectivity index (χ4n) is 1.37. The van der Waals surface area contributed by atoms with E-state index in [1.165, 1.54) is 17.5 Å². The van der Waals surface area contributed by atoms with Crippen LogP contribution in [0.1, 0.15) is 6.42 Å². The molecule has 5 heteroatoms. The van der Waals surface area contributed by atoms with Gasteiger partial charge in [0.15, 0.2) is 5.13 Å². The molecule has 0 radical (unpaired) electrons. The van der Waals surface area contributed by atoms with Gasteiger partial charge in [0.1, 0.15) is 4.34 Å². The second-order valence-corrected chi connectivity index (χ2v) is 4.66. The van der Waals surface area contributed by atoms with Crippen molar-refractivity contribution in [2.45, 2.75) is 6.42 Å². The van der Waals surface area contributed by atoms with Gasteiger partial charge in [0.2, 0.25) is 5.91 Å². The number of carbonyl (C=O) groups is 1. The SMILES string of the molecule is C#CC1CC(=O)N(c2ncc(Cl)s2)C1. The minimum Gasteiger partial charge on any atom is -0.287 e. The van der Waals surface area contributed by atoms with Crippen LogP contribution in [-0.4, -0.2) is 17.4 Å². The van der Waals surface area contributed by atoms with Crippen molar-refractivity contribution in [1.29, 1.82) is 0 Å². The first kappa shape index (κ1) is 9.50. The zero-order valence-electron chi connectivity index (χ0n) is 7.24. The minimum absolute atomic E-state index is 0.00479. The molecule has 1 fully saturated rings. The summed E-state index contributed by atoms with van der Waals surface area (Å²) in [5, 5.41) is 0.637. The van der Waals surface area contributed by atoms with Crippen molar-refractivity contribution in [1.82, 2.24) is 4.98 Å². The molecule has 0 N–H and O–H groups in total. The van der Waals surface area contributed by atoms with Gasteiger partial charge in [0.05, 0.1) is 6.20 Å². The first-order valence-electron chi connectivity index (χ1n) is 4.08. The largest absolute Gasteiger partial charge is 0.287 e. The minimum atomic E-state index is 0.00479. The van der Waals surface area contributed by atoms with Crippen molar-refractivity contribution in [2.75, 3.05) is 11.4 Å². The maximum atomic E-state index is 11.5. The molecular formula is C9H7ClN2OS. The molecule has 0 aromatic carbocycles. The Labute approximate surface area is 90.7 Å². The van der Waals surface area contributed by atoms with E-state index in [1.54, 1.807) is 4.90 Å². The molecule has 1 aromatic heterocycles. The summed E-state index contributed by atoms with van der Waals surface area (Å²) < 4.78 is 0.581. The highest BCUT2D eigenvalue weighted by Crippen LogP contribution is 2.30. The van der Waals surface area contributed by atoms with Gasteiger partial charge >= 0.3 is 0 Å². The molecule has 1 amide bonds. The Balaban J connectivity index is 2.21. The molecule has 0 bridgehead atoms. The van der Waals surface area contributed by atoms with E-state index in [1.807, 2.05) is 0 Å². The molecule has 2 rings (SSSR count). The maximum absolute atomic E-state index is 11.5. The summed E-state index contributed by atoms with van der Waals surface area (Å²) in [4.78, 5) is 17.1. The van der Waals surface area contributed by atoms with Crippen LogP contribution in [0.2, 0.25) is 4.34 Å². The third-order valence-corrected chi connectivity index (χ3v) is 3.19. The number of terminal acetylenes is 1. The Morgan fingerprint density at radius 2 is 2.57 bits per heavy atom. The predicted molar refractivity (Wildman–Crippen MR) is 56.4 cm³/mol. The molecule has 0 spiro atoms. The van der Waals surface area contributed by atoms with Gasteiger partial charge in [-0.15, -0.1) is 12.3 Å². The van der Waals surface area contributed by atoms with Crippen molar-refractivity contribution in [3.05, 3.63) is 10.5 Å². The first-order chi connectivity index (χ1) is 6.70. The monoisotopic (exact) mass is 226 g/mol. The lowest BCUT2D eigenvalue weighted by Crippen LogP contribution is -2.23. The van der Waals surface area contributed by atoms with E-state index in [9.17, 15) is 4.79 Å². The number of aromatic nitrogens is 1. The highest BCUT2D eigenvalue weighted by atomic mass is 35.5. The van der Waals surface area contributed by atoms with E-state index >= 15 is 0 Å². The summed E-state index contributed by atoms with van der Waals surface area (Å²) in [7, 11) is 0. The van der Waals surface area contributed by atoms with Crippen LogP contribution in [0.15, 0.2) is 6.20 Å². The van der Waals surface area contributed by atoms with Crippen molar-refractivity contribution in [3.63, 3.8) is 0 Å². The summed E-state index contributed by atoms with van der Waals surface area (Å²) >= 11 is 7.03. The smallest absolute Gasteiger partial charge is 0.230 e. The van der Waals surface area contributed by atoms with Gasteiger partial charge in [0.25, 0.3) is 0 Å². The van der Waals surface area contributed by atoms with Crippen LogP contribution in [0.5, 0.6) is 0 Å². The third-order valence-electron chi connectivity index (χ3n) is 2.06. The molecular weight excluding hydrogens is 220 g/mol. The molecule has 2 heterocycles. The second-order valence-electron chi connectivity index (χ2n) is 3.02. The predicted octanol–water partition coefficient (Wildman–Crippen LogP) is 1.78. The van der Waals surface area contributed by atoms with Gasteiger partial charge < -0.3 is 0 Å². The fraction of sp³-hybridized carbons (Fsp3) is 0.333. The molecule has 14 heavy (non-hydrogen) atoms.